The van der Waals surface area contributed by atoms with E-state index in [4.69, 9.17) is 16.6 Å². The van der Waals surface area contributed by atoms with E-state index in [-0.39, 0.29) is 16.8 Å². The van der Waals surface area contributed by atoms with Crippen molar-refractivity contribution in [2.24, 2.45) is 0 Å². The van der Waals surface area contributed by atoms with Crippen molar-refractivity contribution in [3.05, 3.63) is 57.6 Å². The topological polar surface area (TPSA) is 83.4 Å². The van der Waals surface area contributed by atoms with E-state index in [0.717, 1.165) is 3.57 Å². The minimum absolute atomic E-state index is 0.0318. The first kappa shape index (κ1) is 15.4. The second-order valence-corrected chi connectivity index (χ2v) is 5.39. The summed E-state index contributed by atoms with van der Waals surface area (Å²) in [5, 5.41) is 2.34. The summed E-state index contributed by atoms with van der Waals surface area (Å²) in [5.74, 6) is -0.723. The maximum absolute atomic E-state index is 11.9. The summed E-state index contributed by atoms with van der Waals surface area (Å²) in [5.41, 5.74) is 5.37. The summed E-state index contributed by atoms with van der Waals surface area (Å²) in [4.78, 5) is 23.6. The van der Waals surface area contributed by atoms with Crippen molar-refractivity contribution in [2.75, 3.05) is 0 Å². The fraction of sp³-hybridized carbons (Fsp3) is 0. The van der Waals surface area contributed by atoms with Gasteiger partial charge in [-0.2, -0.15) is 0 Å². The summed E-state index contributed by atoms with van der Waals surface area (Å²) in [6, 6.07) is 10.2. The number of halogens is 1. The van der Waals surface area contributed by atoms with Gasteiger partial charge in [-0.25, -0.2) is 0 Å². The Morgan fingerprint density at radius 2 is 1.81 bits per heavy atom. The van der Waals surface area contributed by atoms with E-state index in [1.807, 2.05) is 12.1 Å². The number of hydrazine groups is 1. The van der Waals surface area contributed by atoms with Crippen LogP contribution in [0.2, 0.25) is 0 Å². The number of benzene rings is 1. The summed E-state index contributed by atoms with van der Waals surface area (Å²) < 4.78 is 5.72. The molecule has 21 heavy (non-hydrogen) atoms. The second kappa shape index (κ2) is 7.18. The zero-order valence-electron chi connectivity index (χ0n) is 10.6. The van der Waals surface area contributed by atoms with E-state index in [1.165, 1.54) is 12.3 Å². The fourth-order valence-corrected chi connectivity index (χ4v) is 2.21. The van der Waals surface area contributed by atoms with Gasteiger partial charge in [0, 0.05) is 3.57 Å². The molecule has 0 aliphatic rings. The second-order valence-electron chi connectivity index (χ2n) is 3.82. The number of rotatable bonds is 2. The maximum Gasteiger partial charge on any atom is 0.293 e. The first-order valence-electron chi connectivity index (χ1n) is 5.77. The molecular weight excluding hydrogens is 405 g/mol. The normalized spacial score (nSPS) is 9.76. The number of hydrogen-bond acceptors (Lipinski definition) is 4. The van der Waals surface area contributed by atoms with Crippen molar-refractivity contribution in [2.45, 2.75) is 0 Å². The Hall–Kier alpha value is -1.94. The summed E-state index contributed by atoms with van der Waals surface area (Å²) in [7, 11) is 0. The zero-order chi connectivity index (χ0) is 15.2. The highest BCUT2D eigenvalue weighted by Crippen LogP contribution is 2.10. The average molecular weight is 415 g/mol. The molecule has 0 atom stereocenters. The summed E-state index contributed by atoms with van der Waals surface area (Å²) >= 11 is 6.96. The molecule has 0 spiro atoms. The van der Waals surface area contributed by atoms with E-state index in [1.54, 1.807) is 18.2 Å². The van der Waals surface area contributed by atoms with Gasteiger partial charge >= 0.3 is 0 Å². The highest BCUT2D eigenvalue weighted by atomic mass is 127. The largest absolute Gasteiger partial charge is 0.459 e. The quantitative estimate of drug-likeness (QED) is 0.396. The van der Waals surface area contributed by atoms with E-state index >= 15 is 0 Å². The van der Waals surface area contributed by atoms with E-state index in [0.29, 0.717) is 5.56 Å². The minimum atomic E-state index is -0.499. The molecule has 3 N–H and O–H groups in total. The Labute approximate surface area is 139 Å². The number of amides is 2. The van der Waals surface area contributed by atoms with Gasteiger partial charge in [0.25, 0.3) is 11.8 Å². The number of carbonyl (C=O) groups is 2. The first-order valence-corrected chi connectivity index (χ1v) is 7.26. The van der Waals surface area contributed by atoms with Crippen LogP contribution in [0.15, 0.2) is 47.1 Å². The Kier molecular flexibility index (Phi) is 5.28. The fourth-order valence-electron chi connectivity index (χ4n) is 1.43. The van der Waals surface area contributed by atoms with Gasteiger partial charge in [0.1, 0.15) is 0 Å². The monoisotopic (exact) mass is 415 g/mol. The van der Waals surface area contributed by atoms with Crippen LogP contribution in [0.3, 0.4) is 0 Å². The van der Waals surface area contributed by atoms with Crippen LogP contribution in [-0.4, -0.2) is 16.9 Å². The standard InChI is InChI=1S/C13H10IN3O3S/c14-9-5-2-1-4-8(9)11(18)16-17-13(21)15-12(19)10-6-3-7-20-10/h1-7H,(H,16,18)(H2,15,17,19,21). The lowest BCUT2D eigenvalue weighted by molar-refractivity contribution is 0.0926. The van der Waals surface area contributed by atoms with E-state index in [2.05, 4.69) is 38.8 Å². The van der Waals surface area contributed by atoms with Gasteiger partial charge in [-0.3, -0.25) is 25.8 Å². The molecule has 0 bridgehead atoms. The Balaban J connectivity index is 1.86. The molecule has 0 saturated heterocycles. The average Bonchev–Trinajstić information content (AvgIpc) is 2.99. The lowest BCUT2D eigenvalue weighted by atomic mass is 10.2. The number of thiocarbonyl (C=S) groups is 1. The summed E-state index contributed by atoms with van der Waals surface area (Å²) in [6.07, 6.45) is 1.38. The highest BCUT2D eigenvalue weighted by Gasteiger charge is 2.12. The van der Waals surface area contributed by atoms with E-state index < -0.39 is 5.91 Å². The maximum atomic E-state index is 11.9. The SMILES string of the molecule is O=C(NC(=S)NNC(=O)c1ccccc1I)c1ccco1. The van der Waals surface area contributed by atoms with Gasteiger partial charge in [0.15, 0.2) is 10.9 Å². The zero-order valence-corrected chi connectivity index (χ0v) is 13.5. The van der Waals surface area contributed by atoms with Crippen LogP contribution >= 0.6 is 34.8 Å². The minimum Gasteiger partial charge on any atom is -0.459 e. The van der Waals surface area contributed by atoms with Gasteiger partial charge in [-0.05, 0) is 59.1 Å². The smallest absolute Gasteiger partial charge is 0.293 e. The summed E-state index contributed by atoms with van der Waals surface area (Å²) in [6.45, 7) is 0. The van der Waals surface area contributed by atoms with Crippen LogP contribution in [0.25, 0.3) is 0 Å². The van der Waals surface area contributed by atoms with Crippen LogP contribution in [0, 0.1) is 3.57 Å². The molecule has 108 valence electrons. The molecule has 0 aliphatic carbocycles. The molecule has 0 radical (unpaired) electrons. The molecule has 2 amide bonds. The number of hydrogen-bond donors (Lipinski definition) is 3. The van der Waals surface area contributed by atoms with Crippen molar-refractivity contribution in [1.82, 2.24) is 16.2 Å². The first-order chi connectivity index (χ1) is 10.1. The molecule has 6 nitrogen and oxygen atoms in total. The molecule has 2 aromatic rings. The third kappa shape index (κ3) is 4.26. The van der Waals surface area contributed by atoms with Crippen LogP contribution in [-0.2, 0) is 0 Å². The molecule has 0 unspecified atom stereocenters. The van der Waals surface area contributed by atoms with Crippen molar-refractivity contribution < 1.29 is 14.0 Å². The van der Waals surface area contributed by atoms with Crippen molar-refractivity contribution in [3.8, 4) is 0 Å². The van der Waals surface area contributed by atoms with Gasteiger partial charge < -0.3 is 4.42 Å². The molecule has 1 aromatic heterocycles. The predicted molar refractivity (Wildman–Crippen MR) is 88.5 cm³/mol. The van der Waals surface area contributed by atoms with Gasteiger partial charge in [-0.15, -0.1) is 0 Å². The number of carbonyl (C=O) groups excluding carboxylic acids is 2. The van der Waals surface area contributed by atoms with Crippen LogP contribution < -0.4 is 16.2 Å². The van der Waals surface area contributed by atoms with E-state index in [9.17, 15) is 9.59 Å². The van der Waals surface area contributed by atoms with Gasteiger partial charge in [0.2, 0.25) is 0 Å². The van der Waals surface area contributed by atoms with Crippen molar-refractivity contribution >= 4 is 51.7 Å². The Morgan fingerprint density at radius 1 is 1.05 bits per heavy atom. The molecule has 2 rings (SSSR count). The molecule has 1 heterocycles. The molecule has 1 aromatic carbocycles. The van der Waals surface area contributed by atoms with Crippen LogP contribution in [0.1, 0.15) is 20.9 Å². The van der Waals surface area contributed by atoms with Crippen LogP contribution in [0.4, 0.5) is 0 Å². The van der Waals surface area contributed by atoms with Gasteiger partial charge in [0.05, 0.1) is 11.8 Å². The third-order valence-electron chi connectivity index (χ3n) is 2.38. The van der Waals surface area contributed by atoms with Gasteiger partial charge in [-0.1, -0.05) is 12.1 Å². The molecular formula is C13H10IN3O3S. The Morgan fingerprint density at radius 3 is 2.48 bits per heavy atom. The van der Waals surface area contributed by atoms with Crippen LogP contribution in [0.5, 0.6) is 0 Å². The molecule has 0 aliphatic heterocycles. The Bertz CT molecular complexity index is 673. The predicted octanol–water partition coefficient (Wildman–Crippen LogP) is 1.83. The molecule has 0 fully saturated rings. The van der Waals surface area contributed by atoms with Crippen molar-refractivity contribution in [1.29, 1.82) is 0 Å². The number of furan rings is 1. The van der Waals surface area contributed by atoms with Crippen molar-refractivity contribution in [3.63, 3.8) is 0 Å². The lowest BCUT2D eigenvalue weighted by Crippen LogP contribution is -2.48. The molecule has 0 saturated carbocycles. The number of nitrogens with one attached hydrogen (secondary N) is 3. The highest BCUT2D eigenvalue weighted by molar-refractivity contribution is 14.1. The third-order valence-corrected chi connectivity index (χ3v) is 3.52. The molecule has 8 heteroatoms. The lowest BCUT2D eigenvalue weighted by Gasteiger charge is -2.10.